The van der Waals surface area contributed by atoms with E-state index in [1.807, 2.05) is 0 Å². The van der Waals surface area contributed by atoms with Crippen molar-refractivity contribution in [3.05, 3.63) is 35.8 Å². The number of morpholine rings is 1. The Kier molecular flexibility index (Phi) is 3.30. The van der Waals surface area contributed by atoms with Crippen LogP contribution in [0.3, 0.4) is 0 Å². The Hall–Kier alpha value is -1.39. The van der Waals surface area contributed by atoms with Crippen LogP contribution in [0, 0.1) is 6.92 Å². The van der Waals surface area contributed by atoms with Crippen LogP contribution < -0.4 is 0 Å². The predicted octanol–water partition coefficient (Wildman–Crippen LogP) is 1.52. The second-order valence-electron chi connectivity index (χ2n) is 4.83. The van der Waals surface area contributed by atoms with E-state index in [0.717, 1.165) is 44.9 Å². The minimum atomic E-state index is 0.865. The number of aryl methyl sites for hydroxylation is 1. The number of hydrogen-bond acceptors (Lipinski definition) is 3. The smallest absolute Gasteiger partial charge is 0.137 e. The lowest BCUT2D eigenvalue weighted by atomic mass is 10.3. The number of imidazole rings is 1. The summed E-state index contributed by atoms with van der Waals surface area (Å²) in [5.74, 6) is 0. The van der Waals surface area contributed by atoms with Gasteiger partial charge in [-0.15, -0.1) is 0 Å². The fraction of sp³-hybridized carbons (Fsp3) is 0.500. The van der Waals surface area contributed by atoms with Gasteiger partial charge in [-0.3, -0.25) is 4.90 Å². The second kappa shape index (κ2) is 5.08. The molecule has 3 heterocycles. The summed E-state index contributed by atoms with van der Waals surface area (Å²) in [6.45, 7) is 7.01. The van der Waals surface area contributed by atoms with Crippen molar-refractivity contribution in [3.63, 3.8) is 0 Å². The molecule has 0 radical (unpaired) electrons. The number of pyridine rings is 1. The number of aromatic nitrogens is 2. The van der Waals surface area contributed by atoms with Gasteiger partial charge in [-0.05, 0) is 19.1 Å². The molecular formula is C14H19N3O. The molecule has 0 N–H and O–H groups in total. The molecule has 0 atom stereocenters. The third kappa shape index (κ3) is 2.40. The highest BCUT2D eigenvalue weighted by molar-refractivity contribution is 5.41. The molecule has 1 aliphatic heterocycles. The van der Waals surface area contributed by atoms with Crippen LogP contribution in [0.1, 0.15) is 11.4 Å². The maximum atomic E-state index is 5.35. The maximum Gasteiger partial charge on any atom is 0.137 e. The predicted molar refractivity (Wildman–Crippen MR) is 70.9 cm³/mol. The van der Waals surface area contributed by atoms with Crippen molar-refractivity contribution < 1.29 is 4.74 Å². The summed E-state index contributed by atoms with van der Waals surface area (Å²) in [5, 5.41) is 0. The Bertz CT molecular complexity index is 529. The molecular weight excluding hydrogens is 226 g/mol. The highest BCUT2D eigenvalue weighted by atomic mass is 16.5. The van der Waals surface area contributed by atoms with E-state index in [0.29, 0.717) is 0 Å². The van der Waals surface area contributed by atoms with Gasteiger partial charge in [0.1, 0.15) is 5.65 Å². The first-order chi connectivity index (χ1) is 8.83. The first kappa shape index (κ1) is 11.7. The molecule has 0 amide bonds. The summed E-state index contributed by atoms with van der Waals surface area (Å²) < 4.78 is 7.52. The van der Waals surface area contributed by atoms with Crippen molar-refractivity contribution in [2.45, 2.75) is 13.3 Å². The van der Waals surface area contributed by atoms with Crippen molar-refractivity contribution in [2.24, 2.45) is 0 Å². The Morgan fingerprint density at radius 3 is 2.89 bits per heavy atom. The molecule has 4 nitrogen and oxygen atoms in total. The molecule has 1 aliphatic rings. The molecule has 2 aromatic heterocycles. The van der Waals surface area contributed by atoms with Crippen LogP contribution >= 0.6 is 0 Å². The molecule has 1 saturated heterocycles. The van der Waals surface area contributed by atoms with Crippen molar-refractivity contribution in [2.75, 3.05) is 32.8 Å². The average molecular weight is 245 g/mol. The Balaban J connectivity index is 1.69. The summed E-state index contributed by atoms with van der Waals surface area (Å²) in [6, 6.07) is 6.23. The maximum absolute atomic E-state index is 5.35. The zero-order chi connectivity index (χ0) is 12.4. The number of ether oxygens (including phenoxy) is 1. The summed E-state index contributed by atoms with van der Waals surface area (Å²) in [5.41, 5.74) is 3.46. The number of hydrogen-bond donors (Lipinski definition) is 0. The third-order valence-electron chi connectivity index (χ3n) is 3.53. The number of fused-ring (bicyclic) bond motifs is 1. The van der Waals surface area contributed by atoms with E-state index >= 15 is 0 Å². The van der Waals surface area contributed by atoms with Crippen molar-refractivity contribution >= 4 is 5.65 Å². The van der Waals surface area contributed by atoms with E-state index in [9.17, 15) is 0 Å². The molecule has 96 valence electrons. The molecule has 2 aromatic rings. The minimum Gasteiger partial charge on any atom is -0.379 e. The number of rotatable bonds is 3. The lowest BCUT2D eigenvalue weighted by Gasteiger charge is -2.26. The van der Waals surface area contributed by atoms with Crippen molar-refractivity contribution in [3.8, 4) is 0 Å². The van der Waals surface area contributed by atoms with Crippen molar-refractivity contribution in [1.29, 1.82) is 0 Å². The fourth-order valence-electron chi connectivity index (χ4n) is 2.42. The van der Waals surface area contributed by atoms with Gasteiger partial charge in [-0.2, -0.15) is 0 Å². The highest BCUT2D eigenvalue weighted by Crippen LogP contribution is 2.09. The monoisotopic (exact) mass is 245 g/mol. The summed E-state index contributed by atoms with van der Waals surface area (Å²) in [6.07, 6.45) is 3.17. The quantitative estimate of drug-likeness (QED) is 0.821. The summed E-state index contributed by atoms with van der Waals surface area (Å²) >= 11 is 0. The Labute approximate surface area is 107 Å². The van der Waals surface area contributed by atoms with Crippen LogP contribution in [-0.2, 0) is 11.2 Å². The van der Waals surface area contributed by atoms with Gasteiger partial charge in [-0.1, -0.05) is 6.07 Å². The van der Waals surface area contributed by atoms with Crippen LogP contribution in [0.5, 0.6) is 0 Å². The summed E-state index contributed by atoms with van der Waals surface area (Å²) in [4.78, 5) is 7.11. The lowest BCUT2D eigenvalue weighted by Crippen LogP contribution is -2.37. The van der Waals surface area contributed by atoms with Crippen LogP contribution in [-0.4, -0.2) is 47.1 Å². The van der Waals surface area contributed by atoms with E-state index in [4.69, 9.17) is 4.74 Å². The molecule has 4 heteroatoms. The lowest BCUT2D eigenvalue weighted by molar-refractivity contribution is 0.0383. The second-order valence-corrected chi connectivity index (χ2v) is 4.83. The molecule has 0 spiro atoms. The molecule has 0 aromatic carbocycles. The van der Waals surface area contributed by atoms with Gasteiger partial charge in [-0.25, -0.2) is 4.98 Å². The summed E-state index contributed by atoms with van der Waals surface area (Å²) in [7, 11) is 0. The molecule has 0 bridgehead atoms. The van der Waals surface area contributed by atoms with Gasteiger partial charge >= 0.3 is 0 Å². The highest BCUT2D eigenvalue weighted by Gasteiger charge is 2.11. The molecule has 3 rings (SSSR count). The van der Waals surface area contributed by atoms with E-state index in [1.54, 1.807) is 0 Å². The van der Waals surface area contributed by atoms with Gasteiger partial charge < -0.3 is 9.14 Å². The van der Waals surface area contributed by atoms with E-state index < -0.39 is 0 Å². The van der Waals surface area contributed by atoms with Crippen LogP contribution in [0.2, 0.25) is 0 Å². The zero-order valence-corrected chi connectivity index (χ0v) is 10.8. The van der Waals surface area contributed by atoms with Crippen molar-refractivity contribution in [1.82, 2.24) is 14.3 Å². The molecule has 18 heavy (non-hydrogen) atoms. The average Bonchev–Trinajstić information content (AvgIpc) is 2.82. The van der Waals surface area contributed by atoms with Gasteiger partial charge in [0.25, 0.3) is 0 Å². The zero-order valence-electron chi connectivity index (χ0n) is 10.8. The Morgan fingerprint density at radius 2 is 2.11 bits per heavy atom. The van der Waals surface area contributed by atoms with Crippen LogP contribution in [0.15, 0.2) is 24.4 Å². The van der Waals surface area contributed by atoms with E-state index in [1.165, 1.54) is 11.4 Å². The van der Waals surface area contributed by atoms with Gasteiger partial charge in [0.05, 0.1) is 18.9 Å². The van der Waals surface area contributed by atoms with Gasteiger partial charge in [0.2, 0.25) is 0 Å². The molecule has 0 unspecified atom stereocenters. The molecule has 0 aliphatic carbocycles. The van der Waals surface area contributed by atoms with Gasteiger partial charge in [0.15, 0.2) is 0 Å². The minimum absolute atomic E-state index is 0.865. The first-order valence-electron chi connectivity index (χ1n) is 6.56. The Morgan fingerprint density at radius 1 is 1.28 bits per heavy atom. The molecule has 1 fully saturated rings. The topological polar surface area (TPSA) is 29.8 Å². The van der Waals surface area contributed by atoms with Crippen LogP contribution in [0.4, 0.5) is 0 Å². The third-order valence-corrected chi connectivity index (χ3v) is 3.53. The van der Waals surface area contributed by atoms with Crippen LogP contribution in [0.25, 0.3) is 5.65 Å². The normalized spacial score (nSPS) is 17.4. The number of nitrogens with zero attached hydrogens (tertiary/aromatic N) is 3. The molecule has 0 saturated carbocycles. The van der Waals surface area contributed by atoms with Gasteiger partial charge in [0, 0.05) is 37.9 Å². The standard InChI is InChI=1S/C14H19N3O/c1-12-3-2-4-14-15-13(11-17(12)14)5-6-16-7-9-18-10-8-16/h2-4,11H,5-10H2,1H3. The first-order valence-corrected chi connectivity index (χ1v) is 6.56. The SMILES string of the molecule is Cc1cccc2nc(CCN3CCOCC3)cn12. The van der Waals surface area contributed by atoms with E-state index in [-0.39, 0.29) is 0 Å². The fourth-order valence-corrected chi connectivity index (χ4v) is 2.42. The van der Waals surface area contributed by atoms with E-state index in [2.05, 4.69) is 45.6 Å². The largest absolute Gasteiger partial charge is 0.379 e.